The zero-order chi connectivity index (χ0) is 22.0. The molecule has 0 spiro atoms. The van der Waals surface area contributed by atoms with Gasteiger partial charge in [0.2, 0.25) is 0 Å². The number of fused-ring (bicyclic) bond motifs is 1. The van der Waals surface area contributed by atoms with Crippen molar-refractivity contribution in [3.8, 4) is 6.07 Å². The molecule has 0 radical (unpaired) electrons. The van der Waals surface area contributed by atoms with Gasteiger partial charge in [0, 0.05) is 49.9 Å². The highest BCUT2D eigenvalue weighted by atomic mass is 16.2. The van der Waals surface area contributed by atoms with Gasteiger partial charge in [0.15, 0.2) is 0 Å². The van der Waals surface area contributed by atoms with E-state index in [0.29, 0.717) is 29.1 Å². The van der Waals surface area contributed by atoms with Crippen molar-refractivity contribution in [2.24, 2.45) is 0 Å². The van der Waals surface area contributed by atoms with Gasteiger partial charge in [-0.3, -0.25) is 19.6 Å². The lowest BCUT2D eigenvalue weighted by atomic mass is 10.0. The van der Waals surface area contributed by atoms with Gasteiger partial charge in [-0.15, -0.1) is 0 Å². The molecule has 2 N–H and O–H groups in total. The number of benzene rings is 1. The Morgan fingerprint density at radius 1 is 1.23 bits per heavy atom. The lowest BCUT2D eigenvalue weighted by Gasteiger charge is -2.23. The first-order valence-corrected chi connectivity index (χ1v) is 9.64. The number of anilines is 1. The number of pyridine rings is 1. The van der Waals surface area contributed by atoms with Crippen LogP contribution in [0.4, 0.5) is 5.69 Å². The first-order valence-electron chi connectivity index (χ1n) is 9.64. The molecule has 8 heteroatoms. The van der Waals surface area contributed by atoms with Crippen molar-refractivity contribution in [2.45, 2.75) is 0 Å². The molecule has 154 valence electrons. The normalized spacial score (nSPS) is 14.6. The number of likely N-dealkylation sites (N-methyl/N-ethyl adjacent to an activating group) is 1. The predicted octanol–water partition coefficient (Wildman–Crippen LogP) is 1.96. The number of nitrogens with zero attached hydrogens (tertiary/aromatic N) is 4. The fourth-order valence-electron chi connectivity index (χ4n) is 3.41. The SMILES string of the molecule is CNC(=O)c1ccc(C2=C3C=C(C(=O)N(C)c4ccc(C#N)cc4)C=CN3NC2)cn1. The van der Waals surface area contributed by atoms with E-state index in [1.807, 2.05) is 23.4 Å². The number of rotatable bonds is 4. The average Bonchev–Trinajstić information content (AvgIpc) is 3.26. The van der Waals surface area contributed by atoms with Crippen LogP contribution in [0.2, 0.25) is 0 Å². The summed E-state index contributed by atoms with van der Waals surface area (Å²) in [6, 6.07) is 12.5. The summed E-state index contributed by atoms with van der Waals surface area (Å²) in [5.74, 6) is -0.401. The highest BCUT2D eigenvalue weighted by Crippen LogP contribution is 2.30. The third-order valence-corrected chi connectivity index (χ3v) is 5.20. The van der Waals surface area contributed by atoms with Crippen LogP contribution in [0.25, 0.3) is 5.57 Å². The molecule has 0 bridgehead atoms. The van der Waals surface area contributed by atoms with E-state index in [1.165, 1.54) is 0 Å². The van der Waals surface area contributed by atoms with Crippen LogP contribution < -0.4 is 15.6 Å². The van der Waals surface area contributed by atoms with Gasteiger partial charge in [0.1, 0.15) is 5.69 Å². The van der Waals surface area contributed by atoms with Gasteiger partial charge in [-0.25, -0.2) is 5.43 Å². The minimum absolute atomic E-state index is 0.160. The maximum absolute atomic E-state index is 13.1. The number of hydrogen-bond donors (Lipinski definition) is 2. The van der Waals surface area contributed by atoms with Gasteiger partial charge in [-0.05, 0) is 48.0 Å². The number of hydrazine groups is 1. The van der Waals surface area contributed by atoms with Gasteiger partial charge in [0.05, 0.1) is 17.3 Å². The summed E-state index contributed by atoms with van der Waals surface area (Å²) in [6.07, 6.45) is 7.07. The Morgan fingerprint density at radius 2 is 2.00 bits per heavy atom. The number of hydrogen-bond acceptors (Lipinski definition) is 6. The first kappa shape index (κ1) is 20.1. The molecule has 2 amide bonds. The van der Waals surface area contributed by atoms with Crippen LogP contribution in [-0.2, 0) is 4.79 Å². The summed E-state index contributed by atoms with van der Waals surface area (Å²) in [6.45, 7) is 0.574. The number of nitrogens with one attached hydrogen (secondary N) is 2. The van der Waals surface area contributed by atoms with E-state index in [2.05, 4.69) is 21.8 Å². The zero-order valence-electron chi connectivity index (χ0n) is 17.1. The molecule has 0 atom stereocenters. The third kappa shape index (κ3) is 3.82. The van der Waals surface area contributed by atoms with E-state index in [0.717, 1.165) is 16.8 Å². The van der Waals surface area contributed by atoms with Crippen molar-refractivity contribution in [3.63, 3.8) is 0 Å². The summed E-state index contributed by atoms with van der Waals surface area (Å²) in [4.78, 5) is 30.6. The zero-order valence-corrected chi connectivity index (χ0v) is 17.1. The van der Waals surface area contributed by atoms with E-state index in [-0.39, 0.29) is 11.8 Å². The highest BCUT2D eigenvalue weighted by Gasteiger charge is 2.26. The van der Waals surface area contributed by atoms with E-state index in [1.54, 1.807) is 61.6 Å². The van der Waals surface area contributed by atoms with Crippen LogP contribution in [0, 0.1) is 11.3 Å². The summed E-state index contributed by atoms with van der Waals surface area (Å²) < 4.78 is 0. The molecule has 31 heavy (non-hydrogen) atoms. The highest BCUT2D eigenvalue weighted by molar-refractivity contribution is 6.08. The van der Waals surface area contributed by atoms with Crippen LogP contribution in [0.5, 0.6) is 0 Å². The van der Waals surface area contributed by atoms with Crippen molar-refractivity contribution in [1.29, 1.82) is 5.26 Å². The number of carbonyl (C=O) groups is 2. The average molecular weight is 412 g/mol. The van der Waals surface area contributed by atoms with Crippen LogP contribution in [0.3, 0.4) is 0 Å². The molecule has 0 fully saturated rings. The lowest BCUT2D eigenvalue weighted by Crippen LogP contribution is -2.31. The maximum Gasteiger partial charge on any atom is 0.269 e. The molecular weight excluding hydrogens is 392 g/mol. The van der Waals surface area contributed by atoms with Gasteiger partial charge in [0.25, 0.3) is 11.8 Å². The van der Waals surface area contributed by atoms with Crippen LogP contribution >= 0.6 is 0 Å². The molecule has 2 aliphatic heterocycles. The van der Waals surface area contributed by atoms with Gasteiger partial charge in [-0.1, -0.05) is 6.07 Å². The van der Waals surface area contributed by atoms with Crippen molar-refractivity contribution in [2.75, 3.05) is 25.5 Å². The maximum atomic E-state index is 13.1. The molecule has 1 aromatic heterocycles. The third-order valence-electron chi connectivity index (χ3n) is 5.20. The molecule has 0 saturated carbocycles. The molecule has 0 unspecified atom stereocenters. The molecule has 4 rings (SSSR count). The number of amides is 2. The second-order valence-electron chi connectivity index (χ2n) is 7.02. The van der Waals surface area contributed by atoms with Crippen molar-refractivity contribution in [1.82, 2.24) is 20.7 Å². The monoisotopic (exact) mass is 412 g/mol. The minimum atomic E-state index is -0.241. The first-order chi connectivity index (χ1) is 15.0. The molecule has 1 aromatic carbocycles. The topological polar surface area (TPSA) is 101 Å². The lowest BCUT2D eigenvalue weighted by molar-refractivity contribution is -0.114. The molecule has 2 aliphatic rings. The quantitative estimate of drug-likeness (QED) is 0.796. The number of carbonyl (C=O) groups excluding carboxylic acids is 2. The summed E-state index contributed by atoms with van der Waals surface area (Å²) >= 11 is 0. The fraction of sp³-hybridized carbons (Fsp3) is 0.130. The molecule has 2 aromatic rings. The van der Waals surface area contributed by atoms with E-state index >= 15 is 0 Å². The van der Waals surface area contributed by atoms with E-state index in [4.69, 9.17) is 5.26 Å². The predicted molar refractivity (Wildman–Crippen MR) is 116 cm³/mol. The Morgan fingerprint density at radius 3 is 2.65 bits per heavy atom. The Labute approximate surface area is 179 Å². The van der Waals surface area contributed by atoms with Gasteiger partial charge in [-0.2, -0.15) is 5.26 Å². The Balaban J connectivity index is 1.62. The number of nitriles is 1. The van der Waals surface area contributed by atoms with Crippen LogP contribution in [-0.4, -0.2) is 42.4 Å². The van der Waals surface area contributed by atoms with Crippen molar-refractivity contribution in [3.05, 3.63) is 89.0 Å². The summed E-state index contributed by atoms with van der Waals surface area (Å²) in [5.41, 5.74) is 8.09. The Kier molecular flexibility index (Phi) is 5.35. The smallest absolute Gasteiger partial charge is 0.269 e. The number of allylic oxidation sites excluding steroid dienone is 1. The van der Waals surface area contributed by atoms with E-state index in [9.17, 15) is 9.59 Å². The standard InChI is InChI=1S/C23H20N6O2/c1-25-22(30)20-8-5-17(13-26-20)19-14-27-29-10-9-16(11-21(19)29)23(31)28(2)18-6-3-15(12-24)4-7-18/h3-11,13,27H,14H2,1-2H3,(H,25,30). The largest absolute Gasteiger partial charge is 0.354 e. The number of aromatic nitrogens is 1. The summed E-state index contributed by atoms with van der Waals surface area (Å²) in [5, 5.41) is 13.4. The van der Waals surface area contributed by atoms with Crippen LogP contribution in [0.15, 0.2) is 72.2 Å². The van der Waals surface area contributed by atoms with Gasteiger partial charge < -0.3 is 10.2 Å². The van der Waals surface area contributed by atoms with Gasteiger partial charge >= 0.3 is 0 Å². The second kappa shape index (κ2) is 8.26. The van der Waals surface area contributed by atoms with Crippen molar-refractivity contribution >= 4 is 23.1 Å². The molecule has 0 saturated heterocycles. The second-order valence-corrected chi connectivity index (χ2v) is 7.02. The molecule has 0 aliphatic carbocycles. The van der Waals surface area contributed by atoms with Crippen LogP contribution in [0.1, 0.15) is 21.6 Å². The summed E-state index contributed by atoms with van der Waals surface area (Å²) in [7, 11) is 3.27. The Bertz CT molecular complexity index is 1170. The minimum Gasteiger partial charge on any atom is -0.354 e. The Hall–Kier alpha value is -4.22. The molecule has 3 heterocycles. The van der Waals surface area contributed by atoms with E-state index < -0.39 is 0 Å². The fourth-order valence-corrected chi connectivity index (χ4v) is 3.41. The van der Waals surface area contributed by atoms with Crippen molar-refractivity contribution < 1.29 is 9.59 Å². The molecule has 8 nitrogen and oxygen atoms in total. The molecular formula is C23H20N6O2.